The Kier molecular flexibility index (Phi) is 5.37. The topological polar surface area (TPSA) is 79.2 Å². The zero-order valence-corrected chi connectivity index (χ0v) is 14.0. The van der Waals surface area contributed by atoms with Gasteiger partial charge in [0.25, 0.3) is 5.91 Å². The van der Waals surface area contributed by atoms with E-state index in [9.17, 15) is 14.9 Å². The average Bonchev–Trinajstić information content (AvgIpc) is 2.82. The minimum absolute atomic E-state index is 0.137. The molecule has 0 saturated heterocycles. The lowest BCUT2D eigenvalue weighted by Gasteiger charge is -2.06. The number of anilines is 1. The molecule has 0 aliphatic rings. The monoisotopic (exact) mass is 348 g/mol. The zero-order chi connectivity index (χ0) is 17.0. The summed E-state index contributed by atoms with van der Waals surface area (Å²) in [5.74, 6) is -0.0356. The Morgan fingerprint density at radius 2 is 2.00 bits per heavy atom. The number of hydrogen-bond donors (Lipinski definition) is 1. The Bertz CT molecular complexity index is 791. The molecular weight excluding hydrogens is 336 g/mol. The fourth-order valence-electron chi connectivity index (χ4n) is 1.91. The molecule has 1 aromatic heterocycles. The van der Waals surface area contributed by atoms with E-state index in [1.807, 2.05) is 6.07 Å². The maximum Gasteiger partial charge on any atom is 0.262 e. The average molecular weight is 349 g/mol. The van der Waals surface area contributed by atoms with Gasteiger partial charge in [-0.2, -0.15) is 5.26 Å². The number of hydrogen-bond acceptors (Lipinski definition) is 5. The van der Waals surface area contributed by atoms with E-state index >= 15 is 0 Å². The third-order valence-corrected chi connectivity index (χ3v) is 4.57. The number of ether oxygens (including phenoxy) is 1. The number of Topliss-reactive ketones (excluding diaryl/α,β-unsaturated/α-hetero) is 1. The molecule has 0 spiro atoms. The molecule has 1 N–H and O–H groups in total. The van der Waals surface area contributed by atoms with Crippen molar-refractivity contribution in [1.82, 2.24) is 0 Å². The maximum atomic E-state index is 12.0. The van der Waals surface area contributed by atoms with Crippen LogP contribution in [0.3, 0.4) is 0 Å². The summed E-state index contributed by atoms with van der Waals surface area (Å²) in [5, 5.41) is 12.7. The minimum Gasteiger partial charge on any atom is -0.484 e. The molecule has 1 heterocycles. The SMILES string of the molecule is CC(=O)c1sc(NC(=O)COc2ccc(Cl)cc2)c(C#N)c1C. The van der Waals surface area contributed by atoms with E-state index in [1.54, 1.807) is 31.2 Å². The fraction of sp³-hybridized carbons (Fsp3) is 0.188. The van der Waals surface area contributed by atoms with E-state index in [0.29, 0.717) is 31.8 Å². The first kappa shape index (κ1) is 17.0. The number of amides is 1. The number of nitrogens with zero attached hydrogens (tertiary/aromatic N) is 1. The molecule has 5 nitrogen and oxygen atoms in total. The molecule has 118 valence electrons. The maximum absolute atomic E-state index is 12.0. The summed E-state index contributed by atoms with van der Waals surface area (Å²) in [6, 6.07) is 8.63. The lowest BCUT2D eigenvalue weighted by atomic mass is 10.1. The van der Waals surface area contributed by atoms with Crippen LogP contribution in [0.15, 0.2) is 24.3 Å². The number of halogens is 1. The van der Waals surface area contributed by atoms with E-state index in [4.69, 9.17) is 16.3 Å². The van der Waals surface area contributed by atoms with Gasteiger partial charge in [-0.15, -0.1) is 11.3 Å². The Morgan fingerprint density at radius 1 is 1.35 bits per heavy atom. The van der Waals surface area contributed by atoms with Crippen LogP contribution in [0.4, 0.5) is 5.00 Å². The van der Waals surface area contributed by atoms with Crippen molar-refractivity contribution < 1.29 is 14.3 Å². The van der Waals surface area contributed by atoms with E-state index < -0.39 is 5.91 Å². The summed E-state index contributed by atoms with van der Waals surface area (Å²) in [4.78, 5) is 24.0. The molecule has 0 aliphatic carbocycles. The van der Waals surface area contributed by atoms with E-state index in [1.165, 1.54) is 6.92 Å². The summed E-state index contributed by atoms with van der Waals surface area (Å²) >= 11 is 6.86. The standard InChI is InChI=1S/C16H13ClN2O3S/c1-9-13(7-18)16(23-15(9)10(2)20)19-14(21)8-22-12-5-3-11(17)4-6-12/h3-6H,8H2,1-2H3,(H,19,21). The van der Waals surface area contributed by atoms with Crippen LogP contribution in [-0.2, 0) is 4.79 Å². The van der Waals surface area contributed by atoms with Gasteiger partial charge in [0.1, 0.15) is 16.8 Å². The summed E-state index contributed by atoms with van der Waals surface area (Å²) in [6.45, 7) is 2.90. The number of benzene rings is 1. The molecule has 1 aromatic carbocycles. The van der Waals surface area contributed by atoms with Crippen LogP contribution in [-0.4, -0.2) is 18.3 Å². The van der Waals surface area contributed by atoms with Crippen LogP contribution < -0.4 is 10.1 Å². The molecule has 7 heteroatoms. The number of carbonyl (C=O) groups excluding carboxylic acids is 2. The largest absolute Gasteiger partial charge is 0.484 e. The number of carbonyl (C=O) groups is 2. The van der Waals surface area contributed by atoms with Crippen molar-refractivity contribution in [1.29, 1.82) is 5.26 Å². The number of nitrogens with one attached hydrogen (secondary N) is 1. The molecule has 0 aliphatic heterocycles. The van der Waals surface area contributed by atoms with Crippen LogP contribution in [0.1, 0.15) is 27.7 Å². The highest BCUT2D eigenvalue weighted by Crippen LogP contribution is 2.32. The summed E-state index contributed by atoms with van der Waals surface area (Å²) in [6.07, 6.45) is 0. The number of nitriles is 1. The highest BCUT2D eigenvalue weighted by atomic mass is 35.5. The number of thiophene rings is 1. The molecule has 2 aromatic rings. The van der Waals surface area contributed by atoms with E-state index in [-0.39, 0.29) is 12.4 Å². The van der Waals surface area contributed by atoms with Gasteiger partial charge in [-0.05, 0) is 43.7 Å². The van der Waals surface area contributed by atoms with E-state index in [2.05, 4.69) is 5.32 Å². The first-order chi connectivity index (χ1) is 10.9. The second-order valence-corrected chi connectivity index (χ2v) is 6.18. The van der Waals surface area contributed by atoms with Crippen molar-refractivity contribution >= 4 is 39.6 Å². The van der Waals surface area contributed by atoms with Crippen molar-refractivity contribution in [3.63, 3.8) is 0 Å². The van der Waals surface area contributed by atoms with Gasteiger partial charge < -0.3 is 10.1 Å². The quantitative estimate of drug-likeness (QED) is 0.833. The molecule has 0 bridgehead atoms. The van der Waals surface area contributed by atoms with Gasteiger partial charge in [0.05, 0.1) is 10.4 Å². The van der Waals surface area contributed by atoms with Crippen LogP contribution >= 0.6 is 22.9 Å². The van der Waals surface area contributed by atoms with Gasteiger partial charge in [0, 0.05) is 5.02 Å². The molecule has 23 heavy (non-hydrogen) atoms. The van der Waals surface area contributed by atoms with Gasteiger partial charge in [-0.25, -0.2) is 0 Å². The second kappa shape index (κ2) is 7.27. The number of rotatable bonds is 5. The van der Waals surface area contributed by atoms with Crippen LogP contribution in [0.25, 0.3) is 0 Å². The zero-order valence-electron chi connectivity index (χ0n) is 12.5. The Labute approximate surface area is 142 Å². The van der Waals surface area contributed by atoms with E-state index in [0.717, 1.165) is 11.3 Å². The van der Waals surface area contributed by atoms with Crippen molar-refractivity contribution in [3.8, 4) is 11.8 Å². The molecule has 0 unspecified atom stereocenters. The Morgan fingerprint density at radius 3 is 2.57 bits per heavy atom. The van der Waals surface area contributed by atoms with Gasteiger partial charge in [-0.1, -0.05) is 11.6 Å². The smallest absolute Gasteiger partial charge is 0.262 e. The summed E-state index contributed by atoms with van der Waals surface area (Å²) in [5.41, 5.74) is 0.888. The van der Waals surface area contributed by atoms with Crippen LogP contribution in [0.2, 0.25) is 5.02 Å². The predicted molar refractivity (Wildman–Crippen MR) is 89.4 cm³/mol. The summed E-state index contributed by atoms with van der Waals surface area (Å²) < 4.78 is 5.34. The Hall–Kier alpha value is -2.36. The third-order valence-electron chi connectivity index (χ3n) is 3.01. The highest BCUT2D eigenvalue weighted by molar-refractivity contribution is 7.18. The van der Waals surface area contributed by atoms with Crippen LogP contribution in [0, 0.1) is 18.3 Å². The lowest BCUT2D eigenvalue weighted by molar-refractivity contribution is -0.118. The third kappa shape index (κ3) is 4.09. The molecule has 1 amide bonds. The highest BCUT2D eigenvalue weighted by Gasteiger charge is 2.19. The van der Waals surface area contributed by atoms with Gasteiger partial charge in [0.2, 0.25) is 0 Å². The lowest BCUT2D eigenvalue weighted by Crippen LogP contribution is -2.20. The first-order valence-corrected chi connectivity index (χ1v) is 7.84. The molecule has 0 atom stereocenters. The van der Waals surface area contributed by atoms with Crippen molar-refractivity contribution in [2.45, 2.75) is 13.8 Å². The van der Waals surface area contributed by atoms with Crippen molar-refractivity contribution in [2.75, 3.05) is 11.9 Å². The number of ketones is 1. The molecular formula is C16H13ClN2O3S. The molecule has 0 saturated carbocycles. The van der Waals surface area contributed by atoms with Crippen molar-refractivity contribution in [2.24, 2.45) is 0 Å². The second-order valence-electron chi connectivity index (χ2n) is 4.72. The summed E-state index contributed by atoms with van der Waals surface area (Å²) in [7, 11) is 0. The van der Waals surface area contributed by atoms with Crippen LogP contribution in [0.5, 0.6) is 5.75 Å². The van der Waals surface area contributed by atoms with Gasteiger partial charge in [0.15, 0.2) is 12.4 Å². The molecule has 0 fully saturated rings. The Balaban J connectivity index is 2.05. The predicted octanol–water partition coefficient (Wildman–Crippen LogP) is 3.80. The van der Waals surface area contributed by atoms with Gasteiger partial charge in [-0.3, -0.25) is 9.59 Å². The van der Waals surface area contributed by atoms with Crippen molar-refractivity contribution in [3.05, 3.63) is 45.3 Å². The molecule has 0 radical (unpaired) electrons. The normalized spacial score (nSPS) is 10.0. The van der Waals surface area contributed by atoms with Gasteiger partial charge >= 0.3 is 0 Å². The fourth-order valence-corrected chi connectivity index (χ4v) is 3.11. The minimum atomic E-state index is -0.409. The first-order valence-electron chi connectivity index (χ1n) is 6.65. The molecule has 2 rings (SSSR count).